The van der Waals surface area contributed by atoms with Gasteiger partial charge in [0.25, 0.3) is 11.8 Å². The summed E-state index contributed by atoms with van der Waals surface area (Å²) in [6, 6.07) is 11.2. The average molecular weight is 492 g/mol. The number of nitrogens with zero attached hydrogens (tertiary/aromatic N) is 1. The summed E-state index contributed by atoms with van der Waals surface area (Å²) >= 11 is 8.80. The lowest BCUT2D eigenvalue weighted by atomic mass is 10.1. The van der Waals surface area contributed by atoms with Crippen molar-refractivity contribution in [1.29, 1.82) is 0 Å². The number of hydrogen-bond acceptors (Lipinski definition) is 6. The zero-order chi connectivity index (χ0) is 23.8. The molecule has 0 spiro atoms. The van der Waals surface area contributed by atoms with Gasteiger partial charge in [0.2, 0.25) is 0 Å². The van der Waals surface area contributed by atoms with E-state index in [2.05, 4.69) is 15.6 Å². The number of aromatic carboxylic acids is 1. The fraction of sp³-hybridized carbons (Fsp3) is 0.182. The smallest absolute Gasteiger partial charge is 0.337 e. The maximum Gasteiger partial charge on any atom is 0.337 e. The SMILES string of the molecule is CC.CN=C(NC(=O)c1ccc(C(=O)O)c(NC(=O)c2sc3ccccc3c2Cl)c1)SC. The molecule has 0 saturated carbocycles. The second kappa shape index (κ2) is 11.7. The number of benzene rings is 2. The predicted octanol–water partition coefficient (Wildman–Crippen LogP) is 5.61. The molecule has 2 aromatic carbocycles. The number of anilines is 1. The van der Waals surface area contributed by atoms with Crippen LogP contribution < -0.4 is 10.6 Å². The number of thioether (sulfide) groups is 1. The number of fused-ring (bicyclic) bond motifs is 1. The Kier molecular flexibility index (Phi) is 9.25. The van der Waals surface area contributed by atoms with Crippen molar-refractivity contribution in [3.05, 3.63) is 63.5 Å². The van der Waals surface area contributed by atoms with E-state index in [1.165, 1.54) is 41.3 Å². The summed E-state index contributed by atoms with van der Waals surface area (Å²) in [5, 5.41) is 16.1. The highest BCUT2D eigenvalue weighted by atomic mass is 35.5. The molecule has 1 aromatic heterocycles. The molecule has 0 fully saturated rings. The predicted molar refractivity (Wildman–Crippen MR) is 134 cm³/mol. The van der Waals surface area contributed by atoms with Gasteiger partial charge < -0.3 is 15.7 Å². The molecule has 0 atom stereocenters. The average Bonchev–Trinajstić information content (AvgIpc) is 3.15. The highest BCUT2D eigenvalue weighted by Crippen LogP contribution is 2.35. The number of amides is 2. The highest BCUT2D eigenvalue weighted by molar-refractivity contribution is 8.13. The quantitative estimate of drug-likeness (QED) is 0.324. The minimum atomic E-state index is -1.24. The van der Waals surface area contributed by atoms with Crippen molar-refractivity contribution in [3.63, 3.8) is 0 Å². The number of carbonyl (C=O) groups is 3. The first-order valence-corrected chi connectivity index (χ1v) is 12.0. The van der Waals surface area contributed by atoms with E-state index in [-0.39, 0.29) is 21.7 Å². The van der Waals surface area contributed by atoms with Crippen molar-refractivity contribution in [2.45, 2.75) is 13.8 Å². The lowest BCUT2D eigenvalue weighted by molar-refractivity contribution is 0.0697. The summed E-state index contributed by atoms with van der Waals surface area (Å²) in [6.45, 7) is 4.00. The Balaban J connectivity index is 0.00000176. The van der Waals surface area contributed by atoms with Crippen LogP contribution in [-0.2, 0) is 0 Å². The van der Waals surface area contributed by atoms with Crippen LogP contribution in [0.15, 0.2) is 47.5 Å². The normalized spacial score (nSPS) is 10.8. The van der Waals surface area contributed by atoms with Crippen LogP contribution in [0.25, 0.3) is 10.1 Å². The lowest BCUT2D eigenvalue weighted by Crippen LogP contribution is -2.28. The second-order valence-corrected chi connectivity index (χ2v) is 8.17. The first kappa shape index (κ1) is 25.4. The minimum Gasteiger partial charge on any atom is -0.478 e. The van der Waals surface area contributed by atoms with E-state index in [0.717, 1.165) is 10.1 Å². The van der Waals surface area contributed by atoms with Gasteiger partial charge in [0.15, 0.2) is 5.17 Å². The monoisotopic (exact) mass is 491 g/mol. The summed E-state index contributed by atoms with van der Waals surface area (Å²) in [4.78, 5) is 41.1. The third-order valence-corrected chi connectivity index (χ3v) is 6.46. The minimum absolute atomic E-state index is 0.00666. The van der Waals surface area contributed by atoms with Crippen molar-refractivity contribution in [2.75, 3.05) is 18.6 Å². The molecule has 3 N–H and O–H groups in total. The summed E-state index contributed by atoms with van der Waals surface area (Å²) in [5.41, 5.74) is 0.0205. The molecule has 2 amide bonds. The third-order valence-electron chi connectivity index (χ3n) is 4.12. The molecule has 32 heavy (non-hydrogen) atoms. The van der Waals surface area contributed by atoms with E-state index in [9.17, 15) is 19.5 Å². The van der Waals surface area contributed by atoms with Gasteiger partial charge in [-0.2, -0.15) is 0 Å². The molecule has 0 saturated heterocycles. The number of amidine groups is 1. The largest absolute Gasteiger partial charge is 0.478 e. The van der Waals surface area contributed by atoms with Crippen molar-refractivity contribution in [2.24, 2.45) is 4.99 Å². The fourth-order valence-electron chi connectivity index (χ4n) is 2.68. The van der Waals surface area contributed by atoms with Crippen LogP contribution in [0.5, 0.6) is 0 Å². The molecule has 3 rings (SSSR count). The first-order chi connectivity index (χ1) is 15.3. The van der Waals surface area contributed by atoms with Crippen LogP contribution in [0.4, 0.5) is 5.69 Å². The van der Waals surface area contributed by atoms with E-state index in [4.69, 9.17) is 11.6 Å². The summed E-state index contributed by atoms with van der Waals surface area (Å²) in [7, 11) is 1.54. The maximum absolute atomic E-state index is 12.8. The zero-order valence-electron chi connectivity index (χ0n) is 17.9. The summed E-state index contributed by atoms with van der Waals surface area (Å²) in [5.74, 6) is -2.27. The van der Waals surface area contributed by atoms with E-state index in [0.29, 0.717) is 10.2 Å². The molecule has 168 valence electrons. The molecule has 10 heteroatoms. The molecule has 1 heterocycles. The van der Waals surface area contributed by atoms with Crippen LogP contribution in [0.1, 0.15) is 44.2 Å². The van der Waals surface area contributed by atoms with Gasteiger partial charge in [-0.25, -0.2) is 4.79 Å². The molecule has 0 unspecified atom stereocenters. The number of thiophene rings is 1. The van der Waals surface area contributed by atoms with Crippen molar-refractivity contribution >= 4 is 73.4 Å². The van der Waals surface area contributed by atoms with Gasteiger partial charge in [0, 0.05) is 22.7 Å². The Morgan fingerprint density at radius 3 is 2.38 bits per heavy atom. The molecule has 0 radical (unpaired) electrons. The molecular weight excluding hydrogens is 470 g/mol. The van der Waals surface area contributed by atoms with E-state index in [1.54, 1.807) is 19.4 Å². The van der Waals surface area contributed by atoms with Crippen molar-refractivity contribution in [1.82, 2.24) is 5.32 Å². The van der Waals surface area contributed by atoms with Gasteiger partial charge in [-0.3, -0.25) is 14.6 Å². The molecule has 0 aliphatic heterocycles. The second-order valence-electron chi connectivity index (χ2n) is 5.95. The number of carbonyl (C=O) groups excluding carboxylic acids is 2. The molecule has 7 nitrogen and oxygen atoms in total. The molecule has 0 bridgehead atoms. The Bertz CT molecular complexity index is 1190. The van der Waals surface area contributed by atoms with Crippen molar-refractivity contribution < 1.29 is 19.5 Å². The molecule has 0 aliphatic carbocycles. The molecule has 3 aromatic rings. The topological polar surface area (TPSA) is 108 Å². The standard InChI is InChI=1S/C20H16ClN3O4S2.C2H6/c1-22-20(29-2)24-17(25)10-7-8-11(19(27)28)13(9-10)23-18(26)16-15(21)12-5-3-4-6-14(12)30-16;1-2/h3-9H,1-2H3,(H,23,26)(H,27,28)(H,22,24,25);1-2H3. The van der Waals surface area contributed by atoms with Crippen LogP contribution in [-0.4, -0.2) is 41.4 Å². The van der Waals surface area contributed by atoms with Crippen LogP contribution >= 0.6 is 34.7 Å². The zero-order valence-corrected chi connectivity index (χ0v) is 20.2. The van der Waals surface area contributed by atoms with Gasteiger partial charge in [0.05, 0.1) is 16.3 Å². The lowest BCUT2D eigenvalue weighted by Gasteiger charge is -2.11. The molecular formula is C22H22ClN3O4S2. The van der Waals surface area contributed by atoms with Crippen LogP contribution in [0.3, 0.4) is 0 Å². The Labute approximate surface area is 198 Å². The Hall–Kier alpha value is -2.88. The number of rotatable bonds is 4. The number of carboxylic acid groups (broad SMARTS) is 1. The molecule has 0 aliphatic rings. The fourth-order valence-corrected chi connectivity index (χ4v) is 4.47. The Morgan fingerprint density at radius 2 is 1.78 bits per heavy atom. The van der Waals surface area contributed by atoms with Gasteiger partial charge in [-0.1, -0.05) is 55.4 Å². The number of hydrogen-bond donors (Lipinski definition) is 3. The van der Waals surface area contributed by atoms with Gasteiger partial charge in [0.1, 0.15) is 4.88 Å². The summed E-state index contributed by atoms with van der Waals surface area (Å²) < 4.78 is 0.836. The Morgan fingerprint density at radius 1 is 1.09 bits per heavy atom. The third kappa shape index (κ3) is 5.67. The van der Waals surface area contributed by atoms with E-state index >= 15 is 0 Å². The van der Waals surface area contributed by atoms with Gasteiger partial charge in [-0.05, 0) is 30.5 Å². The first-order valence-electron chi connectivity index (χ1n) is 9.53. The van der Waals surface area contributed by atoms with Crippen LogP contribution in [0, 0.1) is 0 Å². The highest BCUT2D eigenvalue weighted by Gasteiger charge is 2.21. The number of halogens is 1. The maximum atomic E-state index is 12.8. The van der Waals surface area contributed by atoms with E-state index < -0.39 is 17.8 Å². The van der Waals surface area contributed by atoms with Crippen molar-refractivity contribution in [3.8, 4) is 0 Å². The number of nitrogens with one attached hydrogen (secondary N) is 2. The summed E-state index contributed by atoms with van der Waals surface area (Å²) in [6.07, 6.45) is 1.76. The van der Waals surface area contributed by atoms with E-state index in [1.807, 2.05) is 32.0 Å². The number of aliphatic imine (C=N–C) groups is 1. The van der Waals surface area contributed by atoms with Gasteiger partial charge in [-0.15, -0.1) is 11.3 Å². The van der Waals surface area contributed by atoms with Crippen LogP contribution in [0.2, 0.25) is 5.02 Å². The number of carboxylic acids is 1. The van der Waals surface area contributed by atoms with Gasteiger partial charge >= 0.3 is 5.97 Å².